The molecule has 3 nitrogen and oxygen atoms in total. The maximum absolute atomic E-state index is 4.20. The molecule has 20 heavy (non-hydrogen) atoms. The van der Waals surface area contributed by atoms with Crippen molar-refractivity contribution in [3.05, 3.63) is 53.3 Å². The lowest BCUT2D eigenvalue weighted by molar-refractivity contribution is 0.291. The van der Waals surface area contributed by atoms with E-state index < -0.39 is 0 Å². The Morgan fingerprint density at radius 2 is 2.05 bits per heavy atom. The van der Waals surface area contributed by atoms with Gasteiger partial charge in [-0.05, 0) is 42.9 Å². The highest BCUT2D eigenvalue weighted by atomic mass is 15.3. The first-order valence-electron chi connectivity index (χ1n) is 7.50. The minimum absolute atomic E-state index is 0.688. The molecule has 1 aliphatic carbocycles. The lowest BCUT2D eigenvalue weighted by atomic mass is 9.74. The third-order valence-corrected chi connectivity index (χ3v) is 4.50. The van der Waals surface area contributed by atoms with E-state index >= 15 is 0 Å². The van der Waals surface area contributed by atoms with Gasteiger partial charge >= 0.3 is 0 Å². The van der Waals surface area contributed by atoms with Gasteiger partial charge in [-0.15, -0.1) is 0 Å². The molecule has 2 aromatic rings. The first-order chi connectivity index (χ1) is 9.74. The molecular formula is C17H23N3. The smallest absolute Gasteiger partial charge is 0.0492 e. The fourth-order valence-electron chi connectivity index (χ4n) is 3.13. The summed E-state index contributed by atoms with van der Waals surface area (Å²) in [6.45, 7) is 3.27. The molecule has 3 rings (SSSR count). The lowest BCUT2D eigenvalue weighted by Crippen LogP contribution is -2.41. The van der Waals surface area contributed by atoms with Crippen LogP contribution in [0.4, 0.5) is 0 Å². The summed E-state index contributed by atoms with van der Waals surface area (Å²) in [5.41, 5.74) is 4.27. The zero-order valence-corrected chi connectivity index (χ0v) is 12.3. The van der Waals surface area contributed by atoms with Crippen LogP contribution in [-0.2, 0) is 13.5 Å². The van der Waals surface area contributed by atoms with Crippen LogP contribution in [0.5, 0.6) is 0 Å². The summed E-state index contributed by atoms with van der Waals surface area (Å²) in [7, 11) is 2.01. The first kappa shape index (κ1) is 13.4. The van der Waals surface area contributed by atoms with Crippen molar-refractivity contribution in [1.82, 2.24) is 15.1 Å². The summed E-state index contributed by atoms with van der Waals surface area (Å²) in [5, 5.41) is 7.86. The van der Waals surface area contributed by atoms with Crippen LogP contribution in [0.3, 0.4) is 0 Å². The topological polar surface area (TPSA) is 29.9 Å². The summed E-state index contributed by atoms with van der Waals surface area (Å²) in [4.78, 5) is 0. The zero-order valence-electron chi connectivity index (χ0n) is 12.3. The van der Waals surface area contributed by atoms with Gasteiger partial charge in [0.2, 0.25) is 0 Å². The molecule has 0 radical (unpaired) electrons. The summed E-state index contributed by atoms with van der Waals surface area (Å²) < 4.78 is 1.96. The SMILES string of the molecule is Cc1ccccc1C1CC(NCCc2ccnn2C)C1. The predicted octanol–water partition coefficient (Wildman–Crippen LogP) is 2.81. The van der Waals surface area contributed by atoms with Crippen LogP contribution in [0.15, 0.2) is 36.5 Å². The van der Waals surface area contributed by atoms with Gasteiger partial charge in [0, 0.05) is 37.9 Å². The lowest BCUT2D eigenvalue weighted by Gasteiger charge is -2.37. The van der Waals surface area contributed by atoms with Crippen molar-refractivity contribution in [3.63, 3.8) is 0 Å². The van der Waals surface area contributed by atoms with Crippen LogP contribution in [-0.4, -0.2) is 22.4 Å². The fourth-order valence-corrected chi connectivity index (χ4v) is 3.13. The van der Waals surface area contributed by atoms with Gasteiger partial charge in [0.25, 0.3) is 0 Å². The van der Waals surface area contributed by atoms with Crippen LogP contribution in [0.2, 0.25) is 0 Å². The molecule has 1 fully saturated rings. The Kier molecular flexibility index (Phi) is 3.88. The van der Waals surface area contributed by atoms with E-state index in [1.54, 1.807) is 0 Å². The van der Waals surface area contributed by atoms with Crippen molar-refractivity contribution >= 4 is 0 Å². The van der Waals surface area contributed by atoms with E-state index in [9.17, 15) is 0 Å². The van der Waals surface area contributed by atoms with E-state index in [1.807, 2.05) is 17.9 Å². The molecule has 0 amide bonds. The highest BCUT2D eigenvalue weighted by Gasteiger charge is 2.30. The van der Waals surface area contributed by atoms with Gasteiger partial charge in [0.1, 0.15) is 0 Å². The van der Waals surface area contributed by atoms with E-state index in [0.29, 0.717) is 6.04 Å². The van der Waals surface area contributed by atoms with Crippen LogP contribution in [0, 0.1) is 6.92 Å². The molecule has 0 atom stereocenters. The number of benzene rings is 1. The van der Waals surface area contributed by atoms with Crippen molar-refractivity contribution in [1.29, 1.82) is 0 Å². The van der Waals surface area contributed by atoms with E-state index in [0.717, 1.165) is 18.9 Å². The Hall–Kier alpha value is -1.61. The minimum atomic E-state index is 0.688. The molecule has 1 saturated carbocycles. The largest absolute Gasteiger partial charge is 0.314 e. The molecule has 106 valence electrons. The minimum Gasteiger partial charge on any atom is -0.314 e. The summed E-state index contributed by atoms with van der Waals surface area (Å²) in [6, 6.07) is 11.6. The first-order valence-corrected chi connectivity index (χ1v) is 7.50. The Bertz CT molecular complexity index is 567. The van der Waals surface area contributed by atoms with Crippen LogP contribution in [0.25, 0.3) is 0 Å². The van der Waals surface area contributed by atoms with Crippen molar-refractivity contribution in [2.24, 2.45) is 7.05 Å². The zero-order chi connectivity index (χ0) is 13.9. The molecule has 0 spiro atoms. The summed E-state index contributed by atoms with van der Waals surface area (Å²) in [5.74, 6) is 0.755. The molecule has 1 aromatic heterocycles. The van der Waals surface area contributed by atoms with Crippen molar-refractivity contribution in [3.8, 4) is 0 Å². The molecule has 0 unspecified atom stereocenters. The quantitative estimate of drug-likeness (QED) is 0.904. The fraction of sp³-hybridized carbons (Fsp3) is 0.471. The molecule has 0 bridgehead atoms. The van der Waals surface area contributed by atoms with Crippen LogP contribution >= 0.6 is 0 Å². The molecule has 1 aliphatic rings. The average Bonchev–Trinajstić information content (AvgIpc) is 2.79. The standard InChI is InChI=1S/C17H23N3/c1-13-5-3-4-6-17(13)14-11-15(12-14)18-9-7-16-8-10-19-20(16)2/h3-6,8,10,14-15,18H,7,9,11-12H2,1-2H3. The van der Waals surface area contributed by atoms with E-state index in [2.05, 4.69) is 47.7 Å². The molecular weight excluding hydrogens is 246 g/mol. The van der Waals surface area contributed by atoms with Gasteiger partial charge in [-0.25, -0.2) is 0 Å². The van der Waals surface area contributed by atoms with Gasteiger partial charge in [-0.1, -0.05) is 24.3 Å². The van der Waals surface area contributed by atoms with Gasteiger partial charge < -0.3 is 5.32 Å². The number of hydrogen-bond donors (Lipinski definition) is 1. The normalized spacial score (nSPS) is 21.7. The van der Waals surface area contributed by atoms with Crippen molar-refractivity contribution < 1.29 is 0 Å². The Morgan fingerprint density at radius 1 is 1.25 bits per heavy atom. The second-order valence-electron chi connectivity index (χ2n) is 5.87. The highest BCUT2D eigenvalue weighted by molar-refractivity contribution is 5.31. The van der Waals surface area contributed by atoms with E-state index in [-0.39, 0.29) is 0 Å². The molecule has 0 saturated heterocycles. The number of nitrogens with one attached hydrogen (secondary N) is 1. The molecule has 3 heteroatoms. The summed E-state index contributed by atoms with van der Waals surface area (Å²) >= 11 is 0. The van der Waals surface area contributed by atoms with Gasteiger partial charge in [0.15, 0.2) is 0 Å². The molecule has 0 aliphatic heterocycles. The second-order valence-corrected chi connectivity index (χ2v) is 5.87. The Labute approximate surface area is 121 Å². The average molecular weight is 269 g/mol. The van der Waals surface area contributed by atoms with Gasteiger partial charge in [-0.2, -0.15) is 5.10 Å². The van der Waals surface area contributed by atoms with Crippen molar-refractivity contribution in [2.75, 3.05) is 6.54 Å². The van der Waals surface area contributed by atoms with Crippen LogP contribution < -0.4 is 5.32 Å². The van der Waals surface area contributed by atoms with Crippen molar-refractivity contribution in [2.45, 2.75) is 38.1 Å². The van der Waals surface area contributed by atoms with Gasteiger partial charge in [0.05, 0.1) is 0 Å². The number of nitrogens with zero attached hydrogens (tertiary/aromatic N) is 2. The number of aromatic nitrogens is 2. The van der Waals surface area contributed by atoms with Crippen LogP contribution in [0.1, 0.15) is 35.6 Å². The molecule has 1 heterocycles. The molecule has 1 N–H and O–H groups in total. The van der Waals surface area contributed by atoms with E-state index in [4.69, 9.17) is 0 Å². The number of rotatable bonds is 5. The maximum Gasteiger partial charge on any atom is 0.0492 e. The molecule has 1 aromatic carbocycles. The Morgan fingerprint density at radius 3 is 2.75 bits per heavy atom. The van der Waals surface area contributed by atoms with Gasteiger partial charge in [-0.3, -0.25) is 4.68 Å². The maximum atomic E-state index is 4.20. The Balaban J connectivity index is 1.43. The number of hydrogen-bond acceptors (Lipinski definition) is 2. The second kappa shape index (κ2) is 5.80. The predicted molar refractivity (Wildman–Crippen MR) is 81.9 cm³/mol. The third kappa shape index (κ3) is 2.78. The number of aryl methyl sites for hydroxylation is 2. The highest BCUT2D eigenvalue weighted by Crippen LogP contribution is 2.38. The summed E-state index contributed by atoms with van der Waals surface area (Å²) in [6.07, 6.45) is 5.47. The monoisotopic (exact) mass is 269 g/mol. The third-order valence-electron chi connectivity index (χ3n) is 4.50. The van der Waals surface area contributed by atoms with E-state index in [1.165, 1.54) is 29.7 Å².